The Bertz CT molecular complexity index is 1070. The van der Waals surface area contributed by atoms with Crippen molar-refractivity contribution in [2.24, 2.45) is 0 Å². The van der Waals surface area contributed by atoms with Crippen LogP contribution in [0.25, 0.3) is 0 Å². The Hall–Kier alpha value is -3.47. The first-order valence-corrected chi connectivity index (χ1v) is 9.71. The molecule has 2 aromatic carbocycles. The van der Waals surface area contributed by atoms with Crippen LogP contribution in [0.15, 0.2) is 60.9 Å². The summed E-state index contributed by atoms with van der Waals surface area (Å²) in [4.78, 5) is 31.7. The van der Waals surface area contributed by atoms with Gasteiger partial charge in [0.05, 0.1) is 11.1 Å². The van der Waals surface area contributed by atoms with E-state index in [0.29, 0.717) is 24.2 Å². The Morgan fingerprint density at radius 1 is 0.931 bits per heavy atom. The van der Waals surface area contributed by atoms with Crippen LogP contribution in [0.4, 0.5) is 5.69 Å². The van der Waals surface area contributed by atoms with Crippen molar-refractivity contribution in [1.82, 2.24) is 9.88 Å². The SMILES string of the molecule is Cc1cccc(C)c1NC(=O)c1cncc(C(=O)N2CCc3ccccc3C2)c1. The molecule has 146 valence electrons. The van der Waals surface area contributed by atoms with Crippen molar-refractivity contribution in [3.05, 3.63) is 94.3 Å². The molecule has 29 heavy (non-hydrogen) atoms. The van der Waals surface area contributed by atoms with Gasteiger partial charge in [0, 0.05) is 31.2 Å². The Kier molecular flexibility index (Phi) is 5.12. The average Bonchev–Trinajstić information content (AvgIpc) is 2.75. The highest BCUT2D eigenvalue weighted by Gasteiger charge is 2.22. The van der Waals surface area contributed by atoms with Gasteiger partial charge in [0.15, 0.2) is 0 Å². The summed E-state index contributed by atoms with van der Waals surface area (Å²) in [7, 11) is 0. The van der Waals surface area contributed by atoms with Gasteiger partial charge < -0.3 is 10.2 Å². The van der Waals surface area contributed by atoms with Crippen molar-refractivity contribution in [2.75, 3.05) is 11.9 Å². The van der Waals surface area contributed by atoms with Crippen LogP contribution in [0, 0.1) is 13.8 Å². The smallest absolute Gasteiger partial charge is 0.257 e. The molecular weight excluding hydrogens is 362 g/mol. The number of fused-ring (bicyclic) bond motifs is 1. The number of nitrogens with one attached hydrogen (secondary N) is 1. The number of amides is 2. The Labute approximate surface area is 170 Å². The lowest BCUT2D eigenvalue weighted by Crippen LogP contribution is -2.36. The lowest BCUT2D eigenvalue weighted by molar-refractivity contribution is 0.0734. The van der Waals surface area contributed by atoms with E-state index in [1.807, 2.05) is 49.1 Å². The van der Waals surface area contributed by atoms with Crippen LogP contribution < -0.4 is 5.32 Å². The van der Waals surface area contributed by atoms with Crippen molar-refractivity contribution < 1.29 is 9.59 Å². The number of hydrogen-bond acceptors (Lipinski definition) is 3. The summed E-state index contributed by atoms with van der Waals surface area (Å²) in [6.45, 7) is 5.15. The topological polar surface area (TPSA) is 62.3 Å². The molecule has 2 amide bonds. The fourth-order valence-electron chi connectivity index (χ4n) is 3.73. The number of carbonyl (C=O) groups is 2. The van der Waals surface area contributed by atoms with E-state index < -0.39 is 0 Å². The van der Waals surface area contributed by atoms with E-state index in [-0.39, 0.29) is 11.8 Å². The Balaban J connectivity index is 1.53. The molecule has 2 heterocycles. The summed E-state index contributed by atoms with van der Waals surface area (Å²) >= 11 is 0. The highest BCUT2D eigenvalue weighted by Crippen LogP contribution is 2.22. The molecule has 0 spiro atoms. The van der Waals surface area contributed by atoms with E-state index in [1.165, 1.54) is 23.5 Å². The predicted molar refractivity (Wildman–Crippen MR) is 113 cm³/mol. The van der Waals surface area contributed by atoms with Gasteiger partial charge in [-0.2, -0.15) is 0 Å². The number of carbonyl (C=O) groups excluding carboxylic acids is 2. The highest BCUT2D eigenvalue weighted by molar-refractivity contribution is 6.06. The molecule has 1 N–H and O–H groups in total. The molecule has 0 atom stereocenters. The van der Waals surface area contributed by atoms with Crippen LogP contribution in [0.3, 0.4) is 0 Å². The maximum Gasteiger partial charge on any atom is 0.257 e. The lowest BCUT2D eigenvalue weighted by atomic mass is 9.99. The number of aromatic nitrogens is 1. The number of anilines is 1. The van der Waals surface area contributed by atoms with E-state index in [1.54, 1.807) is 6.07 Å². The van der Waals surface area contributed by atoms with Gasteiger partial charge in [0.1, 0.15) is 0 Å². The van der Waals surface area contributed by atoms with E-state index in [2.05, 4.69) is 22.4 Å². The molecule has 1 aliphatic rings. The molecule has 4 rings (SSSR count). The van der Waals surface area contributed by atoms with Crippen molar-refractivity contribution >= 4 is 17.5 Å². The molecule has 1 aromatic heterocycles. The summed E-state index contributed by atoms with van der Waals surface area (Å²) in [5.74, 6) is -0.373. The summed E-state index contributed by atoms with van der Waals surface area (Å²) < 4.78 is 0. The number of rotatable bonds is 3. The van der Waals surface area contributed by atoms with Gasteiger partial charge in [-0.05, 0) is 48.6 Å². The van der Waals surface area contributed by atoms with Crippen LogP contribution in [0.2, 0.25) is 0 Å². The molecular formula is C24H23N3O2. The molecule has 0 aliphatic carbocycles. The normalized spacial score (nSPS) is 13.0. The monoisotopic (exact) mass is 385 g/mol. The summed E-state index contributed by atoms with van der Waals surface area (Å²) in [6, 6.07) is 15.7. The fourth-order valence-corrected chi connectivity index (χ4v) is 3.73. The Morgan fingerprint density at radius 3 is 2.38 bits per heavy atom. The molecule has 3 aromatic rings. The first-order valence-electron chi connectivity index (χ1n) is 9.71. The second kappa shape index (κ2) is 7.87. The van der Waals surface area contributed by atoms with E-state index >= 15 is 0 Å². The molecule has 0 fully saturated rings. The van der Waals surface area contributed by atoms with E-state index in [4.69, 9.17) is 0 Å². The van der Waals surface area contributed by atoms with Crippen molar-refractivity contribution in [1.29, 1.82) is 0 Å². The number of benzene rings is 2. The zero-order chi connectivity index (χ0) is 20.4. The van der Waals surface area contributed by atoms with Gasteiger partial charge >= 0.3 is 0 Å². The number of nitrogens with zero attached hydrogens (tertiary/aromatic N) is 2. The molecule has 0 saturated heterocycles. The van der Waals surface area contributed by atoms with Crippen molar-refractivity contribution in [3.63, 3.8) is 0 Å². The zero-order valence-corrected chi connectivity index (χ0v) is 16.6. The summed E-state index contributed by atoms with van der Waals surface area (Å²) in [6.07, 6.45) is 3.85. The summed E-state index contributed by atoms with van der Waals surface area (Å²) in [5, 5.41) is 2.95. The number of hydrogen-bond donors (Lipinski definition) is 1. The molecule has 0 radical (unpaired) electrons. The molecule has 5 heteroatoms. The first kappa shape index (κ1) is 18.9. The number of pyridine rings is 1. The quantitative estimate of drug-likeness (QED) is 0.737. The van der Waals surface area contributed by atoms with E-state index in [0.717, 1.165) is 23.2 Å². The highest BCUT2D eigenvalue weighted by atomic mass is 16.2. The van der Waals surface area contributed by atoms with Gasteiger partial charge in [0.25, 0.3) is 11.8 Å². The first-order chi connectivity index (χ1) is 14.0. The average molecular weight is 385 g/mol. The standard InChI is InChI=1S/C24H23N3O2/c1-16-6-5-7-17(2)22(16)26-23(28)20-12-21(14-25-13-20)24(29)27-11-10-18-8-3-4-9-19(18)15-27/h3-9,12-14H,10-11,15H2,1-2H3,(H,26,28). The van der Waals surface area contributed by atoms with Crippen molar-refractivity contribution in [3.8, 4) is 0 Å². The molecule has 1 aliphatic heterocycles. The van der Waals surface area contributed by atoms with Gasteiger partial charge in [-0.1, -0.05) is 42.5 Å². The maximum atomic E-state index is 13.0. The van der Waals surface area contributed by atoms with Crippen LogP contribution in [0.5, 0.6) is 0 Å². The van der Waals surface area contributed by atoms with Gasteiger partial charge in [-0.25, -0.2) is 0 Å². The molecule has 0 saturated carbocycles. The third-order valence-electron chi connectivity index (χ3n) is 5.38. The number of para-hydroxylation sites is 1. The van der Waals surface area contributed by atoms with Gasteiger partial charge in [-0.15, -0.1) is 0 Å². The van der Waals surface area contributed by atoms with Gasteiger partial charge in [-0.3, -0.25) is 14.6 Å². The second-order valence-electron chi connectivity index (χ2n) is 7.43. The van der Waals surface area contributed by atoms with Crippen LogP contribution in [-0.4, -0.2) is 28.2 Å². The second-order valence-corrected chi connectivity index (χ2v) is 7.43. The van der Waals surface area contributed by atoms with Gasteiger partial charge in [0.2, 0.25) is 0 Å². The lowest BCUT2D eigenvalue weighted by Gasteiger charge is -2.28. The number of aryl methyl sites for hydroxylation is 2. The minimum Gasteiger partial charge on any atom is -0.334 e. The minimum absolute atomic E-state index is 0.103. The maximum absolute atomic E-state index is 13.0. The van der Waals surface area contributed by atoms with Crippen LogP contribution in [-0.2, 0) is 13.0 Å². The predicted octanol–water partition coefficient (Wildman–Crippen LogP) is 4.15. The molecule has 0 unspecified atom stereocenters. The van der Waals surface area contributed by atoms with Crippen molar-refractivity contribution in [2.45, 2.75) is 26.8 Å². The minimum atomic E-state index is -0.270. The third kappa shape index (κ3) is 3.90. The zero-order valence-electron chi connectivity index (χ0n) is 16.6. The molecule has 5 nitrogen and oxygen atoms in total. The van der Waals surface area contributed by atoms with E-state index in [9.17, 15) is 9.59 Å². The fraction of sp³-hybridized carbons (Fsp3) is 0.208. The van der Waals surface area contributed by atoms with Crippen LogP contribution in [0.1, 0.15) is 43.0 Å². The summed E-state index contributed by atoms with van der Waals surface area (Å²) in [5.41, 5.74) is 6.03. The third-order valence-corrected chi connectivity index (χ3v) is 5.38. The molecule has 0 bridgehead atoms. The van der Waals surface area contributed by atoms with Crippen LogP contribution >= 0.6 is 0 Å². The Morgan fingerprint density at radius 2 is 1.62 bits per heavy atom. The largest absolute Gasteiger partial charge is 0.334 e.